The monoisotopic (exact) mass is 624 g/mol. The number of hydrogen-bond acceptors (Lipinski definition) is 15. The van der Waals surface area contributed by atoms with E-state index in [4.69, 9.17) is 11.5 Å². The molecule has 15 nitrogen and oxygen atoms in total. The van der Waals surface area contributed by atoms with Crippen molar-refractivity contribution in [3.63, 3.8) is 0 Å². The Morgan fingerprint density at radius 2 is 1.21 bits per heavy atom. The number of aromatic hydroxyl groups is 2. The summed E-state index contributed by atoms with van der Waals surface area (Å²) in [5, 5.41) is 17.9. The van der Waals surface area contributed by atoms with E-state index in [1.165, 1.54) is 12.4 Å². The number of Topliss-reactive ketones (excluding diaryl/α,β-unsaturated/α-hetero) is 1. The Morgan fingerprint density at radius 3 is 1.54 bits per heavy atom. The van der Waals surface area contributed by atoms with Gasteiger partial charge in [-0.3, -0.25) is 13.9 Å². The normalized spacial score (nSPS) is 20.0. The van der Waals surface area contributed by atoms with E-state index in [0.29, 0.717) is 19.3 Å². The van der Waals surface area contributed by atoms with Crippen molar-refractivity contribution in [2.24, 2.45) is 11.8 Å². The molecule has 2 aromatic heterocycles. The predicted molar refractivity (Wildman–Crippen MR) is 145 cm³/mol. The van der Waals surface area contributed by atoms with Crippen molar-refractivity contribution in [2.45, 2.75) is 29.8 Å². The van der Waals surface area contributed by atoms with Crippen molar-refractivity contribution in [3.05, 3.63) is 23.8 Å². The molecule has 39 heavy (non-hydrogen) atoms. The number of thioether (sulfide) groups is 2. The fraction of sp³-hybridized carbons (Fsp3) is 0.550. The highest BCUT2D eigenvalue weighted by Crippen LogP contribution is 2.48. The zero-order chi connectivity index (χ0) is 29.0. The number of hydrogen-bond donors (Lipinski definition) is 6. The lowest BCUT2D eigenvalue weighted by Crippen LogP contribution is -2.35. The number of anilines is 2. The Morgan fingerprint density at radius 1 is 0.821 bits per heavy atom. The fourth-order valence-corrected chi connectivity index (χ4v) is 8.73. The van der Waals surface area contributed by atoms with Crippen LogP contribution in [0.5, 0.6) is 11.8 Å². The molecule has 4 atom stereocenters. The Kier molecular flexibility index (Phi) is 10.2. The van der Waals surface area contributed by atoms with Crippen LogP contribution in [0.2, 0.25) is 0 Å². The fourth-order valence-electron chi connectivity index (χ4n) is 4.19. The molecule has 216 valence electrons. The second-order valence-corrected chi connectivity index (χ2v) is 14.4. The number of carbonyl (C=O) groups is 1. The Labute approximate surface area is 233 Å². The molecule has 1 aliphatic carbocycles. The topological polar surface area (TPSA) is 270 Å². The van der Waals surface area contributed by atoms with Gasteiger partial charge in [-0.25, -0.2) is 19.9 Å². The van der Waals surface area contributed by atoms with Gasteiger partial charge in [0.2, 0.25) is 0 Å². The summed E-state index contributed by atoms with van der Waals surface area (Å²) in [6.07, 6.45) is 3.81. The molecular formula is C20H28N6O9S4. The number of carbonyl (C=O) groups excluding carboxylic acids is 1. The molecule has 0 aromatic carbocycles. The van der Waals surface area contributed by atoms with Crippen molar-refractivity contribution < 1.29 is 40.9 Å². The van der Waals surface area contributed by atoms with Crippen molar-refractivity contribution in [1.29, 1.82) is 0 Å². The van der Waals surface area contributed by atoms with E-state index in [1.807, 2.05) is 0 Å². The van der Waals surface area contributed by atoms with Crippen LogP contribution in [0.4, 0.5) is 11.6 Å². The van der Waals surface area contributed by atoms with Crippen LogP contribution in [0.1, 0.15) is 41.2 Å². The first-order valence-electron chi connectivity index (χ1n) is 11.5. The van der Waals surface area contributed by atoms with Crippen LogP contribution in [0.15, 0.2) is 12.4 Å². The van der Waals surface area contributed by atoms with Crippen molar-refractivity contribution >= 4 is 61.2 Å². The maximum atomic E-state index is 14.0. The maximum Gasteiger partial charge on any atom is 0.265 e. The molecule has 1 aliphatic rings. The third-order valence-corrected chi connectivity index (χ3v) is 10.6. The summed E-state index contributed by atoms with van der Waals surface area (Å²) < 4.78 is 63.5. The highest BCUT2D eigenvalue weighted by atomic mass is 32.2. The summed E-state index contributed by atoms with van der Waals surface area (Å²) in [4.78, 5) is 29.8. The summed E-state index contributed by atoms with van der Waals surface area (Å²) in [5.74, 6) is -4.56. The molecule has 0 radical (unpaired) electrons. The molecule has 8 N–H and O–H groups in total. The second-order valence-electron chi connectivity index (χ2n) is 8.71. The lowest BCUT2D eigenvalue weighted by Gasteiger charge is -2.36. The molecule has 0 spiro atoms. The average molecular weight is 625 g/mol. The second kappa shape index (κ2) is 12.8. The molecule has 0 bridgehead atoms. The van der Waals surface area contributed by atoms with Crippen LogP contribution in [0.25, 0.3) is 0 Å². The van der Waals surface area contributed by atoms with E-state index < -0.39 is 65.8 Å². The molecule has 3 rings (SSSR count). The Balaban J connectivity index is 1.96. The van der Waals surface area contributed by atoms with Gasteiger partial charge in [0.25, 0.3) is 32.0 Å². The third kappa shape index (κ3) is 8.77. The number of rotatable bonds is 12. The zero-order valence-electron chi connectivity index (χ0n) is 20.3. The standard InChI is InChI=1S/C20H28N6O9S4/c21-17-19(28)23-8-12(25-17)15(36-4-6-38(30,31)32)10-2-1-3-11(14(10)27)16(37-5-7-39(33,34)35)13-9-24-20(29)18(22)26-13/h8-11,15-16H,1-7H2,(H2,21,25)(H2,22,26)(H,23,28)(H,24,29)(H,30,31,32)(H,33,34,35). The SMILES string of the molecule is Nc1nc(C(SCCS(=O)(=O)O)C2CCCC(C(SCCS(=O)(=O)O)c3cnc(O)c(N)n3)C2=O)cnc1O. The van der Waals surface area contributed by atoms with Gasteiger partial charge in [-0.2, -0.15) is 40.4 Å². The van der Waals surface area contributed by atoms with Gasteiger partial charge in [0, 0.05) is 23.3 Å². The average Bonchev–Trinajstić information content (AvgIpc) is 2.83. The number of nitrogens with zero attached hydrogens (tertiary/aromatic N) is 4. The van der Waals surface area contributed by atoms with Crippen LogP contribution >= 0.6 is 23.5 Å². The molecule has 0 amide bonds. The van der Waals surface area contributed by atoms with Crippen molar-refractivity contribution in [2.75, 3.05) is 34.5 Å². The molecule has 2 heterocycles. The summed E-state index contributed by atoms with van der Waals surface area (Å²) in [5.41, 5.74) is 11.9. The van der Waals surface area contributed by atoms with E-state index in [1.54, 1.807) is 0 Å². The van der Waals surface area contributed by atoms with Crippen LogP contribution in [-0.2, 0) is 25.0 Å². The predicted octanol–water partition coefficient (Wildman–Crippen LogP) is 0.852. The first-order valence-corrected chi connectivity index (χ1v) is 16.8. The van der Waals surface area contributed by atoms with Gasteiger partial charge in [-0.1, -0.05) is 6.42 Å². The lowest BCUT2D eigenvalue weighted by atomic mass is 9.76. The van der Waals surface area contributed by atoms with Crippen LogP contribution < -0.4 is 11.5 Å². The van der Waals surface area contributed by atoms with E-state index in [-0.39, 0.29) is 40.3 Å². The van der Waals surface area contributed by atoms with Crippen molar-refractivity contribution in [3.8, 4) is 11.8 Å². The quantitative estimate of drug-likeness (QED) is 0.179. The summed E-state index contributed by atoms with van der Waals surface area (Å²) >= 11 is 2.12. The first-order chi connectivity index (χ1) is 18.2. The van der Waals surface area contributed by atoms with E-state index in [9.17, 15) is 40.9 Å². The first kappa shape index (κ1) is 31.1. The summed E-state index contributed by atoms with van der Waals surface area (Å²) in [6.45, 7) is 0. The maximum absolute atomic E-state index is 14.0. The molecule has 0 saturated heterocycles. The molecule has 4 unspecified atom stereocenters. The number of ketones is 1. The largest absolute Gasteiger partial charge is 0.491 e. The van der Waals surface area contributed by atoms with E-state index in [0.717, 1.165) is 23.5 Å². The van der Waals surface area contributed by atoms with Gasteiger partial charge < -0.3 is 21.7 Å². The number of nitrogen functional groups attached to an aromatic ring is 2. The van der Waals surface area contributed by atoms with Gasteiger partial charge in [0.1, 0.15) is 5.78 Å². The molecule has 2 aromatic rings. The lowest BCUT2D eigenvalue weighted by molar-refractivity contribution is -0.129. The number of nitrogens with two attached hydrogens (primary N) is 2. The minimum absolute atomic E-state index is 0.0765. The van der Waals surface area contributed by atoms with E-state index >= 15 is 0 Å². The molecule has 0 aliphatic heterocycles. The number of aromatic nitrogens is 4. The van der Waals surface area contributed by atoms with Gasteiger partial charge >= 0.3 is 0 Å². The van der Waals surface area contributed by atoms with Gasteiger partial charge in [-0.15, -0.1) is 0 Å². The van der Waals surface area contributed by atoms with Crippen LogP contribution in [0.3, 0.4) is 0 Å². The third-order valence-electron chi connectivity index (χ3n) is 5.95. The highest BCUT2D eigenvalue weighted by Gasteiger charge is 2.42. The smallest absolute Gasteiger partial charge is 0.265 e. The van der Waals surface area contributed by atoms with Crippen molar-refractivity contribution in [1.82, 2.24) is 19.9 Å². The highest BCUT2D eigenvalue weighted by molar-refractivity contribution is 8.00. The Hall–Kier alpha value is -2.45. The summed E-state index contributed by atoms with van der Waals surface area (Å²) in [7, 11) is -8.56. The van der Waals surface area contributed by atoms with Crippen LogP contribution in [0, 0.1) is 11.8 Å². The van der Waals surface area contributed by atoms with Gasteiger partial charge in [-0.05, 0) is 12.8 Å². The zero-order valence-corrected chi connectivity index (χ0v) is 23.6. The Bertz CT molecular complexity index is 1310. The van der Waals surface area contributed by atoms with E-state index in [2.05, 4.69) is 19.9 Å². The minimum atomic E-state index is -4.28. The molecule has 19 heteroatoms. The van der Waals surface area contributed by atoms with Crippen LogP contribution in [-0.4, -0.2) is 84.9 Å². The molecule has 1 saturated carbocycles. The summed E-state index contributed by atoms with van der Waals surface area (Å²) in [6, 6.07) is 0. The van der Waals surface area contributed by atoms with Gasteiger partial charge in [0.15, 0.2) is 11.6 Å². The minimum Gasteiger partial charge on any atom is -0.491 e. The molecule has 1 fully saturated rings. The van der Waals surface area contributed by atoms with Gasteiger partial charge in [0.05, 0.1) is 45.8 Å². The molecular weight excluding hydrogens is 597 g/mol.